The summed E-state index contributed by atoms with van der Waals surface area (Å²) in [5.74, 6) is 1.30. The van der Waals surface area contributed by atoms with Crippen LogP contribution in [-0.2, 0) is 9.59 Å². The van der Waals surface area contributed by atoms with Crippen LogP contribution in [0.3, 0.4) is 0 Å². The predicted molar refractivity (Wildman–Crippen MR) is 71.1 cm³/mol. The third-order valence-electron chi connectivity index (χ3n) is 4.41. The summed E-state index contributed by atoms with van der Waals surface area (Å²) in [4.78, 5) is 25.7. The summed E-state index contributed by atoms with van der Waals surface area (Å²) >= 11 is 0. The van der Waals surface area contributed by atoms with Gasteiger partial charge >= 0.3 is 0 Å². The molecule has 2 fully saturated rings. The van der Waals surface area contributed by atoms with Crippen LogP contribution < -0.4 is 0 Å². The molecule has 102 valence electrons. The number of rotatable bonds is 3. The van der Waals surface area contributed by atoms with Crippen LogP contribution >= 0.6 is 0 Å². The maximum absolute atomic E-state index is 12.0. The molecule has 3 heteroatoms. The van der Waals surface area contributed by atoms with Gasteiger partial charge in [-0.2, -0.15) is 0 Å². The van der Waals surface area contributed by atoms with Crippen molar-refractivity contribution in [2.24, 2.45) is 17.3 Å². The predicted octanol–water partition coefficient (Wildman–Crippen LogP) is 2.64. The van der Waals surface area contributed by atoms with E-state index in [1.165, 1.54) is 0 Å². The van der Waals surface area contributed by atoms with Crippen LogP contribution in [-0.4, -0.2) is 29.7 Å². The summed E-state index contributed by atoms with van der Waals surface area (Å²) in [5.41, 5.74) is 0.261. The molecule has 1 heterocycles. The van der Waals surface area contributed by atoms with Gasteiger partial charge in [0.25, 0.3) is 0 Å². The molecule has 0 spiro atoms. The normalized spacial score (nSPS) is 26.1. The van der Waals surface area contributed by atoms with Crippen LogP contribution in [0.5, 0.6) is 0 Å². The molecular formula is C15H25NO2. The topological polar surface area (TPSA) is 37.4 Å². The Morgan fingerprint density at radius 2 is 1.89 bits per heavy atom. The number of likely N-dealkylation sites (tertiary alicyclic amines) is 1. The van der Waals surface area contributed by atoms with Gasteiger partial charge in [0.15, 0.2) is 5.78 Å². The van der Waals surface area contributed by atoms with Crippen LogP contribution in [0.1, 0.15) is 52.9 Å². The van der Waals surface area contributed by atoms with Gasteiger partial charge in [0, 0.05) is 18.9 Å². The molecule has 1 aliphatic carbocycles. The summed E-state index contributed by atoms with van der Waals surface area (Å²) < 4.78 is 0. The molecule has 1 amide bonds. The fraction of sp³-hybridized carbons (Fsp3) is 0.867. The highest BCUT2D eigenvalue weighted by Crippen LogP contribution is 2.35. The molecule has 18 heavy (non-hydrogen) atoms. The third-order valence-corrected chi connectivity index (χ3v) is 4.41. The Kier molecular flexibility index (Phi) is 3.79. The highest BCUT2D eigenvalue weighted by atomic mass is 16.2. The van der Waals surface area contributed by atoms with Crippen molar-refractivity contribution < 1.29 is 9.59 Å². The van der Waals surface area contributed by atoms with Crippen molar-refractivity contribution in [2.75, 3.05) is 13.1 Å². The first-order chi connectivity index (χ1) is 8.38. The highest BCUT2D eigenvalue weighted by Gasteiger charge is 2.34. The van der Waals surface area contributed by atoms with Crippen LogP contribution in [0, 0.1) is 17.3 Å². The lowest BCUT2D eigenvalue weighted by atomic mass is 9.77. The van der Waals surface area contributed by atoms with Crippen LogP contribution in [0.15, 0.2) is 0 Å². The Balaban J connectivity index is 1.92. The Hall–Kier alpha value is -0.860. The minimum Gasteiger partial charge on any atom is -0.335 e. The van der Waals surface area contributed by atoms with Crippen molar-refractivity contribution in [3.8, 4) is 0 Å². The molecule has 1 atom stereocenters. The molecule has 1 aliphatic heterocycles. The highest BCUT2D eigenvalue weighted by molar-refractivity contribution is 5.89. The average Bonchev–Trinajstić information content (AvgIpc) is 3.06. The second-order valence-electron chi connectivity index (χ2n) is 6.95. The first kappa shape index (κ1) is 13.6. The van der Waals surface area contributed by atoms with Crippen molar-refractivity contribution >= 4 is 11.7 Å². The summed E-state index contributed by atoms with van der Waals surface area (Å²) in [6, 6.07) is 0. The lowest BCUT2D eigenvalue weighted by molar-refractivity contribution is -0.135. The molecule has 1 unspecified atom stereocenters. The van der Waals surface area contributed by atoms with Crippen molar-refractivity contribution in [2.45, 2.75) is 52.9 Å². The minimum atomic E-state index is 0.177. The summed E-state index contributed by atoms with van der Waals surface area (Å²) in [6.45, 7) is 7.85. The lowest BCUT2D eigenvalue weighted by Crippen LogP contribution is -2.36. The van der Waals surface area contributed by atoms with Crippen LogP contribution in [0.4, 0.5) is 0 Å². The van der Waals surface area contributed by atoms with Crippen molar-refractivity contribution in [1.82, 2.24) is 4.90 Å². The standard InChI is InChI=1S/C15H25NO2/c1-15(2,3)12-6-7-14(18)16(9-8-12)10-13(17)11-4-5-11/h11-12H,4-10H2,1-3H3. The van der Waals surface area contributed by atoms with Crippen LogP contribution in [0.25, 0.3) is 0 Å². The Morgan fingerprint density at radius 1 is 1.22 bits per heavy atom. The van der Waals surface area contributed by atoms with Gasteiger partial charge in [-0.25, -0.2) is 0 Å². The number of nitrogens with zero attached hydrogens (tertiary/aromatic N) is 1. The van der Waals surface area contributed by atoms with E-state index in [-0.39, 0.29) is 23.0 Å². The summed E-state index contributed by atoms with van der Waals surface area (Å²) in [7, 11) is 0. The number of hydrogen-bond donors (Lipinski definition) is 0. The van der Waals surface area contributed by atoms with Gasteiger partial charge in [-0.3, -0.25) is 9.59 Å². The van der Waals surface area contributed by atoms with Gasteiger partial charge in [0.05, 0.1) is 6.54 Å². The maximum atomic E-state index is 12.0. The number of amides is 1. The van der Waals surface area contributed by atoms with Gasteiger partial charge in [-0.15, -0.1) is 0 Å². The van der Waals surface area contributed by atoms with Gasteiger partial charge in [-0.1, -0.05) is 20.8 Å². The summed E-state index contributed by atoms with van der Waals surface area (Å²) in [5, 5.41) is 0. The van der Waals surface area contributed by atoms with Crippen LogP contribution in [0.2, 0.25) is 0 Å². The number of carbonyl (C=O) groups excluding carboxylic acids is 2. The summed E-state index contributed by atoms with van der Waals surface area (Å²) in [6.07, 6.45) is 4.68. The molecular weight excluding hydrogens is 226 g/mol. The molecule has 0 aromatic carbocycles. The van der Waals surface area contributed by atoms with Crippen molar-refractivity contribution in [3.05, 3.63) is 0 Å². The molecule has 1 saturated carbocycles. The molecule has 0 radical (unpaired) electrons. The second kappa shape index (κ2) is 5.02. The zero-order valence-electron chi connectivity index (χ0n) is 11.9. The molecule has 0 aromatic heterocycles. The molecule has 0 aromatic rings. The van der Waals surface area contributed by atoms with E-state index in [1.54, 1.807) is 4.90 Å². The van der Waals surface area contributed by atoms with Gasteiger partial charge in [0.1, 0.15) is 0 Å². The quantitative estimate of drug-likeness (QED) is 0.773. The molecule has 3 nitrogen and oxygen atoms in total. The van der Waals surface area contributed by atoms with E-state index in [2.05, 4.69) is 20.8 Å². The van der Waals surface area contributed by atoms with Crippen molar-refractivity contribution in [3.63, 3.8) is 0 Å². The number of hydrogen-bond acceptors (Lipinski definition) is 2. The van der Waals surface area contributed by atoms with E-state index < -0.39 is 0 Å². The maximum Gasteiger partial charge on any atom is 0.222 e. The SMILES string of the molecule is CC(C)(C)C1CCC(=O)N(CC(=O)C2CC2)CC1. The third kappa shape index (κ3) is 3.33. The number of carbonyl (C=O) groups is 2. The second-order valence-corrected chi connectivity index (χ2v) is 6.95. The van der Waals surface area contributed by atoms with E-state index >= 15 is 0 Å². The fourth-order valence-electron chi connectivity index (χ4n) is 2.79. The molecule has 1 saturated heterocycles. The lowest BCUT2D eigenvalue weighted by Gasteiger charge is -2.29. The zero-order valence-corrected chi connectivity index (χ0v) is 11.9. The van der Waals surface area contributed by atoms with E-state index in [0.29, 0.717) is 18.9 Å². The first-order valence-corrected chi connectivity index (χ1v) is 7.18. The average molecular weight is 251 g/mol. The number of Topliss-reactive ketones (excluding diaryl/α,β-unsaturated/α-hetero) is 1. The van der Waals surface area contributed by atoms with Gasteiger partial charge < -0.3 is 4.90 Å². The first-order valence-electron chi connectivity index (χ1n) is 7.18. The fourth-order valence-corrected chi connectivity index (χ4v) is 2.79. The smallest absolute Gasteiger partial charge is 0.222 e. The van der Waals surface area contributed by atoms with Gasteiger partial charge in [0.2, 0.25) is 5.91 Å². The molecule has 2 aliphatic rings. The van der Waals surface area contributed by atoms with E-state index in [4.69, 9.17) is 0 Å². The Morgan fingerprint density at radius 3 is 2.44 bits per heavy atom. The van der Waals surface area contributed by atoms with Gasteiger partial charge in [-0.05, 0) is 37.0 Å². The minimum absolute atomic E-state index is 0.177. The monoisotopic (exact) mass is 251 g/mol. The molecule has 2 rings (SSSR count). The van der Waals surface area contributed by atoms with E-state index in [0.717, 1.165) is 32.2 Å². The largest absolute Gasteiger partial charge is 0.335 e. The molecule has 0 bridgehead atoms. The van der Waals surface area contributed by atoms with E-state index in [9.17, 15) is 9.59 Å². The molecule has 0 N–H and O–H groups in total. The van der Waals surface area contributed by atoms with Crippen molar-refractivity contribution in [1.29, 1.82) is 0 Å². The van der Waals surface area contributed by atoms with E-state index in [1.807, 2.05) is 0 Å². The number of ketones is 1. The Labute approximate surface area is 110 Å². The Bertz CT molecular complexity index is 339. The zero-order chi connectivity index (χ0) is 13.3.